The monoisotopic (exact) mass is 299 g/mol. The highest BCUT2D eigenvalue weighted by Gasteiger charge is 2.06. The third-order valence-corrected chi connectivity index (χ3v) is 3.01. The van der Waals surface area contributed by atoms with Gasteiger partial charge < -0.3 is 10.8 Å². The van der Waals surface area contributed by atoms with Gasteiger partial charge in [0.2, 0.25) is 0 Å². The molecule has 1 aromatic carbocycles. The van der Waals surface area contributed by atoms with Gasteiger partial charge >= 0.3 is 5.97 Å². The molecule has 0 saturated heterocycles. The number of aliphatic carboxylic acids is 1. The number of ketones is 1. The fourth-order valence-electron chi connectivity index (χ4n) is 1.86. The van der Waals surface area contributed by atoms with Crippen molar-refractivity contribution in [1.82, 2.24) is 0 Å². The van der Waals surface area contributed by atoms with Crippen LogP contribution in [0.15, 0.2) is 24.3 Å². The van der Waals surface area contributed by atoms with Crippen molar-refractivity contribution in [2.24, 2.45) is 5.73 Å². The number of hydrogen-bond acceptors (Lipinski definition) is 3. The van der Waals surface area contributed by atoms with Gasteiger partial charge in [-0.2, -0.15) is 0 Å². The predicted octanol–water partition coefficient (Wildman–Crippen LogP) is 2.83. The van der Waals surface area contributed by atoms with Gasteiger partial charge in [-0.25, -0.2) is 0 Å². The van der Waals surface area contributed by atoms with Crippen LogP contribution in [-0.4, -0.2) is 23.4 Å². The number of rotatable bonds is 9. The minimum atomic E-state index is -0.806. The lowest BCUT2D eigenvalue weighted by Crippen LogP contribution is -2.02. The zero-order valence-corrected chi connectivity index (χ0v) is 12.3. The number of unbranched alkanes of at least 4 members (excludes halogenated alkanes) is 2. The maximum absolute atomic E-state index is 11.9. The molecule has 4 nitrogen and oxygen atoms in total. The number of aryl methyl sites for hydroxylation is 1. The number of carboxylic acid groups (broad SMARTS) is 1. The Labute approximate surface area is 125 Å². The molecule has 0 amide bonds. The summed E-state index contributed by atoms with van der Waals surface area (Å²) in [4.78, 5) is 22.3. The van der Waals surface area contributed by atoms with Crippen LogP contribution in [0, 0.1) is 0 Å². The van der Waals surface area contributed by atoms with E-state index < -0.39 is 5.97 Å². The number of benzene rings is 1. The van der Waals surface area contributed by atoms with E-state index in [9.17, 15) is 9.59 Å². The lowest BCUT2D eigenvalue weighted by molar-refractivity contribution is -0.136. The lowest BCUT2D eigenvalue weighted by atomic mass is 10.0. The number of halogens is 1. The molecule has 0 bridgehead atoms. The molecular weight excluding hydrogens is 278 g/mol. The van der Waals surface area contributed by atoms with Crippen LogP contribution in [-0.2, 0) is 11.2 Å². The largest absolute Gasteiger partial charge is 0.481 e. The molecule has 0 aliphatic heterocycles. The molecule has 0 radical (unpaired) electrons. The van der Waals surface area contributed by atoms with E-state index in [-0.39, 0.29) is 24.6 Å². The van der Waals surface area contributed by atoms with E-state index in [0.29, 0.717) is 24.9 Å². The fourth-order valence-corrected chi connectivity index (χ4v) is 1.86. The number of carbonyl (C=O) groups is 2. The summed E-state index contributed by atoms with van der Waals surface area (Å²) in [6, 6.07) is 7.22. The Hall–Kier alpha value is -1.39. The van der Waals surface area contributed by atoms with Gasteiger partial charge in [0, 0.05) is 18.4 Å². The Kier molecular flexibility index (Phi) is 9.68. The maximum Gasteiger partial charge on any atom is 0.303 e. The second-order valence-corrected chi connectivity index (χ2v) is 4.61. The summed E-state index contributed by atoms with van der Waals surface area (Å²) in [6.45, 7) is 0.673. The lowest BCUT2D eigenvalue weighted by Gasteiger charge is -2.03. The van der Waals surface area contributed by atoms with E-state index in [4.69, 9.17) is 10.8 Å². The predicted molar refractivity (Wildman–Crippen MR) is 81.5 cm³/mol. The number of hydrogen-bond donors (Lipinski definition) is 2. The normalized spacial score (nSPS) is 9.85. The number of nitrogens with two attached hydrogens (primary N) is 1. The van der Waals surface area contributed by atoms with Crippen LogP contribution >= 0.6 is 12.4 Å². The van der Waals surface area contributed by atoms with Crippen molar-refractivity contribution in [2.75, 3.05) is 6.54 Å². The third-order valence-electron chi connectivity index (χ3n) is 3.01. The van der Waals surface area contributed by atoms with Crippen LogP contribution in [0.2, 0.25) is 0 Å². The van der Waals surface area contributed by atoms with E-state index in [1.807, 2.05) is 12.1 Å². The van der Waals surface area contributed by atoms with Gasteiger partial charge in [-0.1, -0.05) is 30.7 Å². The molecule has 5 heteroatoms. The Morgan fingerprint density at radius 1 is 1.00 bits per heavy atom. The first-order chi connectivity index (χ1) is 9.13. The van der Waals surface area contributed by atoms with Crippen molar-refractivity contribution in [3.63, 3.8) is 0 Å². The van der Waals surface area contributed by atoms with E-state index in [1.54, 1.807) is 12.1 Å². The molecule has 0 atom stereocenters. The smallest absolute Gasteiger partial charge is 0.303 e. The van der Waals surface area contributed by atoms with Crippen LogP contribution in [0.25, 0.3) is 0 Å². The van der Waals surface area contributed by atoms with Crippen LogP contribution in [0.3, 0.4) is 0 Å². The molecule has 3 N–H and O–H groups in total. The zero-order valence-electron chi connectivity index (χ0n) is 11.5. The van der Waals surface area contributed by atoms with Gasteiger partial charge in [0.05, 0.1) is 0 Å². The molecule has 0 aliphatic rings. The molecule has 20 heavy (non-hydrogen) atoms. The van der Waals surface area contributed by atoms with E-state index in [2.05, 4.69) is 0 Å². The van der Waals surface area contributed by atoms with Gasteiger partial charge in [-0.05, 0) is 31.4 Å². The van der Waals surface area contributed by atoms with Crippen molar-refractivity contribution < 1.29 is 14.7 Å². The fraction of sp³-hybridized carbons (Fsp3) is 0.467. The van der Waals surface area contributed by atoms with Crippen LogP contribution in [0.5, 0.6) is 0 Å². The quantitative estimate of drug-likeness (QED) is 0.543. The molecule has 0 aliphatic carbocycles. The summed E-state index contributed by atoms with van der Waals surface area (Å²) in [6.07, 6.45) is 3.98. The first-order valence-corrected chi connectivity index (χ1v) is 6.67. The first kappa shape index (κ1) is 18.6. The molecule has 0 saturated carbocycles. The van der Waals surface area contributed by atoms with Crippen molar-refractivity contribution in [3.8, 4) is 0 Å². The molecular formula is C15H22ClNO3. The van der Waals surface area contributed by atoms with Crippen LogP contribution in [0.4, 0.5) is 0 Å². The highest BCUT2D eigenvalue weighted by atomic mass is 35.5. The molecule has 0 heterocycles. The second kappa shape index (κ2) is 10.4. The van der Waals surface area contributed by atoms with Gasteiger partial charge in [0.1, 0.15) is 0 Å². The van der Waals surface area contributed by atoms with E-state index >= 15 is 0 Å². The third kappa shape index (κ3) is 7.26. The summed E-state index contributed by atoms with van der Waals surface area (Å²) in [5, 5.41) is 8.60. The highest BCUT2D eigenvalue weighted by Crippen LogP contribution is 2.11. The number of carbonyl (C=O) groups excluding carboxylic acids is 1. The molecule has 112 valence electrons. The Morgan fingerprint density at radius 3 is 2.20 bits per heavy atom. The van der Waals surface area contributed by atoms with Crippen LogP contribution < -0.4 is 5.73 Å². The molecule has 1 aromatic rings. The maximum atomic E-state index is 11.9. The number of carboxylic acids is 1. The Balaban J connectivity index is 0.00000361. The van der Waals surface area contributed by atoms with Gasteiger partial charge in [-0.15, -0.1) is 12.4 Å². The van der Waals surface area contributed by atoms with Crippen molar-refractivity contribution in [1.29, 1.82) is 0 Å². The average molecular weight is 300 g/mol. The average Bonchev–Trinajstić information content (AvgIpc) is 2.41. The standard InChI is InChI=1S/C15H21NO3.ClH/c16-11-3-1-2-4-14(17)13-8-5-12(6-9-13)7-10-15(18)19;/h5-6,8-9H,1-4,7,10-11,16H2,(H,18,19);1H. The second-order valence-electron chi connectivity index (χ2n) is 4.61. The minimum Gasteiger partial charge on any atom is -0.481 e. The summed E-state index contributed by atoms with van der Waals surface area (Å²) in [5.41, 5.74) is 7.04. The van der Waals surface area contributed by atoms with Gasteiger partial charge in [0.25, 0.3) is 0 Å². The topological polar surface area (TPSA) is 80.4 Å². The summed E-state index contributed by atoms with van der Waals surface area (Å²) in [5.74, 6) is -0.665. The molecule has 0 aromatic heterocycles. The van der Waals surface area contributed by atoms with E-state index in [1.165, 1.54) is 0 Å². The number of Topliss-reactive ketones (excluding diaryl/α,β-unsaturated/α-hetero) is 1. The van der Waals surface area contributed by atoms with Crippen LogP contribution in [0.1, 0.15) is 48.0 Å². The SMILES string of the molecule is Cl.NCCCCCC(=O)c1ccc(CCC(=O)O)cc1. The Bertz CT molecular complexity index is 418. The molecule has 0 spiro atoms. The molecule has 1 rings (SSSR count). The molecule has 0 fully saturated rings. The van der Waals surface area contributed by atoms with Crippen molar-refractivity contribution in [2.45, 2.75) is 38.5 Å². The van der Waals surface area contributed by atoms with E-state index in [0.717, 1.165) is 24.8 Å². The summed E-state index contributed by atoms with van der Waals surface area (Å²) < 4.78 is 0. The summed E-state index contributed by atoms with van der Waals surface area (Å²) in [7, 11) is 0. The zero-order chi connectivity index (χ0) is 14.1. The van der Waals surface area contributed by atoms with Crippen molar-refractivity contribution in [3.05, 3.63) is 35.4 Å². The Morgan fingerprint density at radius 2 is 1.65 bits per heavy atom. The van der Waals surface area contributed by atoms with Gasteiger partial charge in [-0.3, -0.25) is 9.59 Å². The van der Waals surface area contributed by atoms with Crippen molar-refractivity contribution >= 4 is 24.2 Å². The minimum absolute atomic E-state index is 0. The summed E-state index contributed by atoms with van der Waals surface area (Å²) >= 11 is 0. The first-order valence-electron chi connectivity index (χ1n) is 6.67. The van der Waals surface area contributed by atoms with Gasteiger partial charge in [0.15, 0.2) is 5.78 Å². The molecule has 0 unspecified atom stereocenters. The highest BCUT2D eigenvalue weighted by molar-refractivity contribution is 5.96.